The molecular weight excluding hydrogens is 491 g/mol. The van der Waals surface area contributed by atoms with Crippen molar-refractivity contribution in [2.45, 2.75) is 19.6 Å². The SMILES string of the molecule is CN=C(NCc1ccc(CN2CCOCC2)cc1)N(C)Cc1ccc(OC)cc1.I. The van der Waals surface area contributed by atoms with E-state index in [1.165, 1.54) is 16.7 Å². The van der Waals surface area contributed by atoms with Crippen molar-refractivity contribution in [1.82, 2.24) is 15.1 Å². The van der Waals surface area contributed by atoms with Crippen LogP contribution in [0.25, 0.3) is 0 Å². The Morgan fingerprint density at radius 3 is 2.23 bits per heavy atom. The van der Waals surface area contributed by atoms with E-state index in [0.717, 1.165) is 57.6 Å². The highest BCUT2D eigenvalue weighted by atomic mass is 127. The number of guanidine groups is 1. The van der Waals surface area contributed by atoms with Gasteiger partial charge in [-0.15, -0.1) is 24.0 Å². The molecule has 0 bridgehead atoms. The largest absolute Gasteiger partial charge is 0.497 e. The minimum Gasteiger partial charge on any atom is -0.497 e. The van der Waals surface area contributed by atoms with Crippen LogP contribution in [-0.2, 0) is 24.4 Å². The third kappa shape index (κ3) is 7.45. The number of hydrogen-bond donors (Lipinski definition) is 1. The van der Waals surface area contributed by atoms with E-state index in [9.17, 15) is 0 Å². The second-order valence-electron chi connectivity index (χ2n) is 7.31. The zero-order valence-electron chi connectivity index (χ0n) is 18.1. The van der Waals surface area contributed by atoms with Crippen LogP contribution in [0.15, 0.2) is 53.5 Å². The molecule has 1 aliphatic heterocycles. The summed E-state index contributed by atoms with van der Waals surface area (Å²) in [4.78, 5) is 8.97. The molecule has 0 unspecified atom stereocenters. The summed E-state index contributed by atoms with van der Waals surface area (Å²) in [6, 6.07) is 17.0. The van der Waals surface area contributed by atoms with Gasteiger partial charge in [-0.25, -0.2) is 0 Å². The second kappa shape index (κ2) is 12.8. The van der Waals surface area contributed by atoms with Crippen LogP contribution in [0.4, 0.5) is 0 Å². The average Bonchev–Trinajstić information content (AvgIpc) is 2.76. The van der Waals surface area contributed by atoms with Gasteiger partial charge in [0.05, 0.1) is 20.3 Å². The molecule has 0 aliphatic carbocycles. The van der Waals surface area contributed by atoms with Crippen molar-refractivity contribution in [3.05, 3.63) is 65.2 Å². The first-order valence-corrected chi connectivity index (χ1v) is 10.1. The fourth-order valence-corrected chi connectivity index (χ4v) is 3.43. The second-order valence-corrected chi connectivity index (χ2v) is 7.31. The first-order chi connectivity index (χ1) is 14.2. The predicted octanol–water partition coefficient (Wildman–Crippen LogP) is 3.35. The van der Waals surface area contributed by atoms with Gasteiger partial charge in [-0.05, 0) is 28.8 Å². The molecule has 3 rings (SSSR count). The number of morpholine rings is 1. The van der Waals surface area contributed by atoms with Crippen molar-refractivity contribution in [2.75, 3.05) is 47.5 Å². The number of ether oxygens (including phenoxy) is 2. The van der Waals surface area contributed by atoms with E-state index in [1.807, 2.05) is 26.2 Å². The summed E-state index contributed by atoms with van der Waals surface area (Å²) in [7, 11) is 5.55. The van der Waals surface area contributed by atoms with Crippen LogP contribution in [0.1, 0.15) is 16.7 Å². The molecule has 1 N–H and O–H groups in total. The summed E-state index contributed by atoms with van der Waals surface area (Å²) in [5, 5.41) is 3.45. The summed E-state index contributed by atoms with van der Waals surface area (Å²) in [6.07, 6.45) is 0. The smallest absolute Gasteiger partial charge is 0.193 e. The molecule has 7 heteroatoms. The minimum atomic E-state index is 0. The average molecular weight is 524 g/mol. The lowest BCUT2D eigenvalue weighted by Gasteiger charge is -2.26. The highest BCUT2D eigenvalue weighted by Crippen LogP contribution is 2.13. The van der Waals surface area contributed by atoms with E-state index in [2.05, 4.69) is 56.5 Å². The number of rotatable bonds is 7. The molecule has 6 nitrogen and oxygen atoms in total. The van der Waals surface area contributed by atoms with Gasteiger partial charge in [0.25, 0.3) is 0 Å². The van der Waals surface area contributed by atoms with Crippen molar-refractivity contribution < 1.29 is 9.47 Å². The third-order valence-corrected chi connectivity index (χ3v) is 5.14. The van der Waals surface area contributed by atoms with Crippen LogP contribution in [0.5, 0.6) is 5.75 Å². The standard InChI is InChI=1S/C23H32N4O2.HI/c1-24-23(26(2)17-20-8-10-22(28-3)11-9-20)25-16-19-4-6-21(7-5-19)18-27-12-14-29-15-13-27;/h4-11H,12-18H2,1-3H3,(H,24,25);1H. The Hall–Kier alpha value is -1.84. The maximum Gasteiger partial charge on any atom is 0.193 e. The molecule has 1 saturated heterocycles. The molecule has 0 saturated carbocycles. The number of methoxy groups -OCH3 is 1. The Labute approximate surface area is 197 Å². The molecule has 0 radical (unpaired) electrons. The maximum absolute atomic E-state index is 5.42. The van der Waals surface area contributed by atoms with Crippen molar-refractivity contribution in [3.63, 3.8) is 0 Å². The van der Waals surface area contributed by atoms with Gasteiger partial charge in [-0.1, -0.05) is 36.4 Å². The van der Waals surface area contributed by atoms with Crippen LogP contribution < -0.4 is 10.1 Å². The Morgan fingerprint density at radius 1 is 1.03 bits per heavy atom. The van der Waals surface area contributed by atoms with Gasteiger partial charge in [0.1, 0.15) is 5.75 Å². The topological polar surface area (TPSA) is 49.3 Å². The monoisotopic (exact) mass is 524 g/mol. The fraction of sp³-hybridized carbons (Fsp3) is 0.435. The van der Waals surface area contributed by atoms with Gasteiger partial charge in [0, 0.05) is 46.8 Å². The molecule has 0 amide bonds. The molecule has 1 fully saturated rings. The van der Waals surface area contributed by atoms with Crippen LogP contribution >= 0.6 is 24.0 Å². The third-order valence-electron chi connectivity index (χ3n) is 5.14. The first kappa shape index (κ1) is 24.4. The highest BCUT2D eigenvalue weighted by molar-refractivity contribution is 14.0. The van der Waals surface area contributed by atoms with Gasteiger partial charge >= 0.3 is 0 Å². The first-order valence-electron chi connectivity index (χ1n) is 10.1. The Morgan fingerprint density at radius 2 is 1.63 bits per heavy atom. The van der Waals surface area contributed by atoms with Crippen molar-refractivity contribution in [3.8, 4) is 5.75 Å². The Bertz CT molecular complexity index is 775. The molecule has 0 aromatic heterocycles. The van der Waals surface area contributed by atoms with E-state index < -0.39 is 0 Å². The van der Waals surface area contributed by atoms with E-state index in [0.29, 0.717) is 0 Å². The predicted molar refractivity (Wildman–Crippen MR) is 133 cm³/mol. The quantitative estimate of drug-likeness (QED) is 0.342. The number of nitrogens with one attached hydrogen (secondary N) is 1. The molecule has 30 heavy (non-hydrogen) atoms. The van der Waals surface area contributed by atoms with E-state index in [1.54, 1.807) is 7.11 Å². The summed E-state index contributed by atoms with van der Waals surface area (Å²) < 4.78 is 10.6. The summed E-state index contributed by atoms with van der Waals surface area (Å²) in [6.45, 7) is 6.22. The molecule has 2 aromatic carbocycles. The molecule has 2 aromatic rings. The van der Waals surface area contributed by atoms with Gasteiger partial charge in [0.2, 0.25) is 0 Å². The number of nitrogens with zero attached hydrogens (tertiary/aromatic N) is 3. The van der Waals surface area contributed by atoms with Crippen LogP contribution in [-0.4, -0.2) is 63.3 Å². The fourth-order valence-electron chi connectivity index (χ4n) is 3.43. The van der Waals surface area contributed by atoms with Gasteiger partial charge in [-0.2, -0.15) is 0 Å². The van der Waals surface area contributed by atoms with E-state index >= 15 is 0 Å². The summed E-state index contributed by atoms with van der Waals surface area (Å²) in [5.41, 5.74) is 3.80. The van der Waals surface area contributed by atoms with Crippen molar-refractivity contribution in [2.24, 2.45) is 4.99 Å². The zero-order chi connectivity index (χ0) is 20.5. The minimum absolute atomic E-state index is 0. The highest BCUT2D eigenvalue weighted by Gasteiger charge is 2.11. The molecular formula is C23H33IN4O2. The van der Waals surface area contributed by atoms with Gasteiger partial charge in [-0.3, -0.25) is 9.89 Å². The Kier molecular flexibility index (Phi) is 10.4. The summed E-state index contributed by atoms with van der Waals surface area (Å²) in [5.74, 6) is 1.74. The van der Waals surface area contributed by atoms with Crippen molar-refractivity contribution >= 4 is 29.9 Å². The Balaban J connectivity index is 0.00000320. The number of aliphatic imine (C=N–C) groups is 1. The molecule has 164 valence electrons. The number of benzene rings is 2. The van der Waals surface area contributed by atoms with Crippen LogP contribution in [0, 0.1) is 0 Å². The van der Waals surface area contributed by atoms with Gasteiger partial charge < -0.3 is 19.7 Å². The lowest BCUT2D eigenvalue weighted by Crippen LogP contribution is -2.38. The zero-order valence-corrected chi connectivity index (χ0v) is 20.5. The van der Waals surface area contributed by atoms with Crippen LogP contribution in [0.2, 0.25) is 0 Å². The van der Waals surface area contributed by atoms with E-state index in [-0.39, 0.29) is 24.0 Å². The maximum atomic E-state index is 5.42. The van der Waals surface area contributed by atoms with Crippen LogP contribution in [0.3, 0.4) is 0 Å². The number of hydrogen-bond acceptors (Lipinski definition) is 4. The summed E-state index contributed by atoms with van der Waals surface area (Å²) >= 11 is 0. The lowest BCUT2D eigenvalue weighted by atomic mass is 10.1. The normalized spacial score (nSPS) is 14.7. The molecule has 0 atom stereocenters. The van der Waals surface area contributed by atoms with E-state index in [4.69, 9.17) is 9.47 Å². The molecule has 1 heterocycles. The van der Waals surface area contributed by atoms with Crippen molar-refractivity contribution in [1.29, 1.82) is 0 Å². The molecule has 1 aliphatic rings. The molecule has 0 spiro atoms. The lowest BCUT2D eigenvalue weighted by molar-refractivity contribution is 0.0342. The number of halogens is 1. The van der Waals surface area contributed by atoms with Gasteiger partial charge in [0.15, 0.2) is 5.96 Å².